The summed E-state index contributed by atoms with van der Waals surface area (Å²) in [4.78, 5) is 40.7. The fourth-order valence-electron chi connectivity index (χ4n) is 5.31. The molecule has 0 saturated heterocycles. The van der Waals surface area contributed by atoms with Gasteiger partial charge in [-0.25, -0.2) is 4.79 Å². The van der Waals surface area contributed by atoms with Gasteiger partial charge in [0.05, 0.1) is 23.4 Å². The number of nitrogens with zero attached hydrogens (tertiary/aromatic N) is 1. The van der Waals surface area contributed by atoms with Crippen molar-refractivity contribution in [3.63, 3.8) is 0 Å². The molecule has 0 aromatic heterocycles. The molecule has 1 heterocycles. The molecule has 0 spiro atoms. The van der Waals surface area contributed by atoms with Crippen molar-refractivity contribution in [1.82, 2.24) is 0 Å². The molecular formula is C29H24ClNO5. The summed E-state index contributed by atoms with van der Waals surface area (Å²) in [6.45, 7) is 0. The number of Topliss-reactive ketones (excluding diaryl/α,β-unsaturated/α-hetero) is 1. The summed E-state index contributed by atoms with van der Waals surface area (Å²) in [6, 6.07) is 21.4. The number of halogens is 1. The SMILES string of the molecule is COc1ccccc1C1CC(=O)N(c2cc(C(=O)O)ccc2Cl)C2=C1C(=O)CC(c1ccccc1)C2. The number of hydrogen-bond donors (Lipinski definition) is 1. The second kappa shape index (κ2) is 9.63. The van der Waals surface area contributed by atoms with E-state index in [1.54, 1.807) is 7.11 Å². The first kappa shape index (κ1) is 23.8. The van der Waals surface area contributed by atoms with E-state index in [0.29, 0.717) is 29.9 Å². The molecule has 0 saturated carbocycles. The van der Waals surface area contributed by atoms with Crippen LogP contribution in [-0.4, -0.2) is 29.9 Å². The van der Waals surface area contributed by atoms with E-state index < -0.39 is 11.9 Å². The number of anilines is 1. The number of benzene rings is 3. The van der Waals surface area contributed by atoms with E-state index in [2.05, 4.69) is 0 Å². The number of para-hydroxylation sites is 1. The van der Waals surface area contributed by atoms with E-state index in [4.69, 9.17) is 16.3 Å². The van der Waals surface area contributed by atoms with Crippen molar-refractivity contribution >= 4 is 34.9 Å². The third kappa shape index (κ3) is 4.18. The third-order valence-corrected chi connectivity index (χ3v) is 7.27. The first-order chi connectivity index (χ1) is 17.4. The van der Waals surface area contributed by atoms with Crippen molar-refractivity contribution < 1.29 is 24.2 Å². The van der Waals surface area contributed by atoms with Crippen molar-refractivity contribution in [2.75, 3.05) is 12.0 Å². The van der Waals surface area contributed by atoms with Crippen molar-refractivity contribution in [3.8, 4) is 5.75 Å². The molecule has 0 radical (unpaired) electrons. The Hall–Kier alpha value is -3.90. The zero-order valence-corrected chi connectivity index (χ0v) is 20.4. The van der Waals surface area contributed by atoms with Crippen LogP contribution in [0.2, 0.25) is 5.02 Å². The minimum Gasteiger partial charge on any atom is -0.496 e. The maximum atomic E-state index is 13.8. The molecule has 5 rings (SSSR count). The first-order valence-electron chi connectivity index (χ1n) is 11.7. The highest BCUT2D eigenvalue weighted by molar-refractivity contribution is 6.34. The van der Waals surface area contributed by atoms with E-state index in [1.807, 2.05) is 54.6 Å². The smallest absolute Gasteiger partial charge is 0.335 e. The lowest BCUT2D eigenvalue weighted by Crippen LogP contribution is -2.42. The summed E-state index contributed by atoms with van der Waals surface area (Å²) in [5.41, 5.74) is 3.19. The van der Waals surface area contributed by atoms with Crippen LogP contribution in [-0.2, 0) is 9.59 Å². The van der Waals surface area contributed by atoms with E-state index in [0.717, 1.165) is 11.1 Å². The third-order valence-electron chi connectivity index (χ3n) is 6.95. The summed E-state index contributed by atoms with van der Waals surface area (Å²) in [7, 11) is 1.57. The van der Waals surface area contributed by atoms with Gasteiger partial charge in [0.15, 0.2) is 5.78 Å². The van der Waals surface area contributed by atoms with E-state index in [-0.39, 0.29) is 40.3 Å². The van der Waals surface area contributed by atoms with Crippen LogP contribution < -0.4 is 9.64 Å². The molecule has 1 amide bonds. The van der Waals surface area contributed by atoms with Gasteiger partial charge in [0.2, 0.25) is 5.91 Å². The number of carbonyl (C=O) groups excluding carboxylic acids is 2. The molecule has 36 heavy (non-hydrogen) atoms. The monoisotopic (exact) mass is 501 g/mol. The molecule has 2 unspecified atom stereocenters. The Morgan fingerprint density at radius 2 is 1.69 bits per heavy atom. The molecule has 1 aliphatic carbocycles. The molecule has 1 aliphatic heterocycles. The number of aromatic carboxylic acids is 1. The largest absolute Gasteiger partial charge is 0.496 e. The van der Waals surface area contributed by atoms with Crippen LogP contribution >= 0.6 is 11.6 Å². The molecule has 6 nitrogen and oxygen atoms in total. The molecular weight excluding hydrogens is 478 g/mol. The maximum absolute atomic E-state index is 13.8. The quantitative estimate of drug-likeness (QED) is 0.465. The van der Waals surface area contributed by atoms with Gasteiger partial charge in [-0.2, -0.15) is 0 Å². The highest BCUT2D eigenvalue weighted by atomic mass is 35.5. The van der Waals surface area contributed by atoms with Crippen LogP contribution in [0.25, 0.3) is 0 Å². The summed E-state index contributed by atoms with van der Waals surface area (Å²) in [5, 5.41) is 9.79. The van der Waals surface area contributed by atoms with Gasteiger partial charge in [-0.05, 0) is 42.2 Å². The molecule has 7 heteroatoms. The number of ketones is 1. The molecule has 0 bridgehead atoms. The Balaban J connectivity index is 1.71. The minimum atomic E-state index is -1.12. The fraction of sp³-hybridized carbons (Fsp3) is 0.207. The van der Waals surface area contributed by atoms with E-state index in [9.17, 15) is 19.5 Å². The topological polar surface area (TPSA) is 83.9 Å². The number of carboxylic acids is 1. The summed E-state index contributed by atoms with van der Waals surface area (Å²) in [5.74, 6) is -1.39. The summed E-state index contributed by atoms with van der Waals surface area (Å²) < 4.78 is 5.57. The number of rotatable bonds is 5. The molecule has 1 N–H and O–H groups in total. The molecule has 3 aromatic rings. The molecule has 3 aromatic carbocycles. The number of carboxylic acid groups (broad SMARTS) is 1. The van der Waals surface area contributed by atoms with Gasteiger partial charge >= 0.3 is 5.97 Å². The number of amides is 1. The van der Waals surface area contributed by atoms with Gasteiger partial charge in [0, 0.05) is 35.6 Å². The van der Waals surface area contributed by atoms with Crippen LogP contribution in [0.1, 0.15) is 52.6 Å². The summed E-state index contributed by atoms with van der Waals surface area (Å²) in [6.07, 6.45) is 0.796. The second-order valence-electron chi connectivity index (χ2n) is 9.00. The van der Waals surface area contributed by atoms with Gasteiger partial charge in [0.25, 0.3) is 0 Å². The van der Waals surface area contributed by atoms with E-state index >= 15 is 0 Å². The lowest BCUT2D eigenvalue weighted by atomic mass is 9.72. The van der Waals surface area contributed by atoms with Gasteiger partial charge in [-0.1, -0.05) is 60.1 Å². The Labute approximate surface area is 213 Å². The predicted molar refractivity (Wildman–Crippen MR) is 137 cm³/mol. The van der Waals surface area contributed by atoms with Crippen LogP contribution in [0.5, 0.6) is 5.75 Å². The molecule has 0 fully saturated rings. The number of ether oxygens (including phenoxy) is 1. The van der Waals surface area contributed by atoms with Gasteiger partial charge in [0.1, 0.15) is 5.75 Å². The van der Waals surface area contributed by atoms with Crippen LogP contribution in [0.3, 0.4) is 0 Å². The molecule has 2 aliphatic rings. The average Bonchev–Trinajstić information content (AvgIpc) is 2.89. The fourth-order valence-corrected chi connectivity index (χ4v) is 5.52. The first-order valence-corrected chi connectivity index (χ1v) is 12.1. The Morgan fingerprint density at radius 3 is 2.42 bits per heavy atom. The zero-order chi connectivity index (χ0) is 25.4. The number of allylic oxidation sites excluding steroid dienone is 2. The highest BCUT2D eigenvalue weighted by Gasteiger charge is 2.43. The second-order valence-corrected chi connectivity index (χ2v) is 9.41. The Bertz CT molecular complexity index is 1400. The van der Waals surface area contributed by atoms with Crippen LogP contribution in [0, 0.1) is 0 Å². The molecule has 182 valence electrons. The predicted octanol–water partition coefficient (Wildman–Crippen LogP) is 5.97. The van der Waals surface area contributed by atoms with Gasteiger partial charge < -0.3 is 9.84 Å². The number of methoxy groups -OCH3 is 1. The minimum absolute atomic E-state index is 0.0120. The Morgan fingerprint density at radius 1 is 0.972 bits per heavy atom. The van der Waals surface area contributed by atoms with Crippen LogP contribution in [0.15, 0.2) is 84.1 Å². The van der Waals surface area contributed by atoms with Gasteiger partial charge in [-0.3, -0.25) is 14.5 Å². The highest BCUT2D eigenvalue weighted by Crippen LogP contribution is 2.49. The normalized spacial score (nSPS) is 19.8. The number of carbonyl (C=O) groups is 3. The zero-order valence-electron chi connectivity index (χ0n) is 19.6. The number of hydrogen-bond acceptors (Lipinski definition) is 4. The van der Waals surface area contributed by atoms with Crippen molar-refractivity contribution in [2.45, 2.75) is 31.1 Å². The molecule has 2 atom stereocenters. The standard InChI is InChI=1S/C29H24ClNO5/c1-36-26-10-6-5-9-20(26)21-16-27(33)31(23-13-18(29(34)35)11-12-22(23)30)24-14-19(15-25(32)28(21)24)17-7-3-2-4-8-17/h2-13,19,21H,14-16H2,1H3,(H,34,35). The maximum Gasteiger partial charge on any atom is 0.335 e. The lowest BCUT2D eigenvalue weighted by Gasteiger charge is -2.41. The lowest BCUT2D eigenvalue weighted by molar-refractivity contribution is -0.120. The van der Waals surface area contributed by atoms with Gasteiger partial charge in [-0.15, -0.1) is 0 Å². The van der Waals surface area contributed by atoms with Crippen molar-refractivity contribution in [3.05, 3.63) is 106 Å². The van der Waals surface area contributed by atoms with Crippen LogP contribution in [0.4, 0.5) is 5.69 Å². The average molecular weight is 502 g/mol. The summed E-state index contributed by atoms with van der Waals surface area (Å²) >= 11 is 6.51. The van der Waals surface area contributed by atoms with E-state index in [1.165, 1.54) is 23.1 Å². The van der Waals surface area contributed by atoms with Crippen molar-refractivity contribution in [1.29, 1.82) is 0 Å². The Kier molecular flexibility index (Phi) is 6.37. The van der Waals surface area contributed by atoms with Crippen molar-refractivity contribution in [2.24, 2.45) is 0 Å².